The minimum absolute atomic E-state index is 0.340. The second-order valence-corrected chi connectivity index (χ2v) is 12.4. The van der Waals surface area contributed by atoms with E-state index in [1.807, 2.05) is 17.4 Å². The van der Waals surface area contributed by atoms with Gasteiger partial charge < -0.3 is 0 Å². The highest BCUT2D eigenvalue weighted by atomic mass is 32.1. The summed E-state index contributed by atoms with van der Waals surface area (Å²) in [4.78, 5) is 6.00. The van der Waals surface area contributed by atoms with Gasteiger partial charge in [-0.1, -0.05) is 60.7 Å². The molecule has 0 saturated heterocycles. The monoisotopic (exact) mass is 480 g/mol. The van der Waals surface area contributed by atoms with Gasteiger partial charge in [0.15, 0.2) is 0 Å². The number of rotatable bonds is 3. The topological polar surface area (TPSA) is 12.9 Å². The molecule has 0 unspecified atom stereocenters. The molecule has 0 amide bonds. The smallest absolute Gasteiger partial charge is 0.0880 e. The molecule has 2 aromatic heterocycles. The van der Waals surface area contributed by atoms with E-state index in [1.165, 1.54) is 101 Å². The molecule has 0 radical (unpaired) electrons. The summed E-state index contributed by atoms with van der Waals surface area (Å²) in [6.07, 6.45) is 13.2. The highest BCUT2D eigenvalue weighted by Gasteiger charge is 2.36. The molecule has 35 heavy (non-hydrogen) atoms. The van der Waals surface area contributed by atoms with Crippen molar-refractivity contribution in [2.24, 2.45) is 5.41 Å². The number of benzene rings is 2. The fourth-order valence-corrected chi connectivity index (χ4v) is 8.25. The van der Waals surface area contributed by atoms with Crippen LogP contribution in [0, 0.1) is 26.2 Å². The quantitative estimate of drug-likeness (QED) is 0.284. The summed E-state index contributed by atoms with van der Waals surface area (Å²) in [6.45, 7) is 6.47. The lowest BCUT2D eigenvalue weighted by molar-refractivity contribution is 0.114. The second kappa shape index (κ2) is 9.21. The number of thiophene rings is 1. The molecule has 2 aromatic carbocycles. The summed E-state index contributed by atoms with van der Waals surface area (Å²) >= 11 is 1.83. The zero-order chi connectivity index (χ0) is 24.9. The molecule has 0 aliphatic heterocycles. The number of aromatic nitrogens is 1. The first kappa shape index (κ1) is 21.8. The van der Waals surface area contributed by atoms with E-state index in [0.717, 1.165) is 17.2 Å². The summed E-state index contributed by atoms with van der Waals surface area (Å²) < 4.78 is 9.58. The third-order valence-corrected chi connectivity index (χ3v) is 10.3. The lowest BCUT2D eigenvalue weighted by atomic mass is 9.62. The van der Waals surface area contributed by atoms with Crippen molar-refractivity contribution in [1.82, 2.24) is 4.98 Å². The number of aryl methyl sites for hydroxylation is 3. The van der Waals surface area contributed by atoms with E-state index < -0.39 is 0 Å². The lowest BCUT2D eigenvalue weighted by Crippen LogP contribution is -2.29. The Bertz CT molecular complexity index is 1380. The number of pyridine rings is 1. The molecular formula is C33H37NS. The molecule has 1 nitrogen and oxygen atoms in total. The van der Waals surface area contributed by atoms with E-state index in [4.69, 9.17) is 6.35 Å². The maximum Gasteiger partial charge on any atom is 0.0880 e. The van der Waals surface area contributed by atoms with E-state index in [0.29, 0.717) is 11.6 Å². The van der Waals surface area contributed by atoms with Crippen molar-refractivity contribution in [3.8, 4) is 21.7 Å². The normalized spacial score (nSPS) is 18.8. The maximum atomic E-state index is 8.39. The van der Waals surface area contributed by atoms with Crippen LogP contribution in [-0.2, 0) is 0 Å². The molecular weight excluding hydrogens is 442 g/mol. The van der Waals surface area contributed by atoms with Gasteiger partial charge in [-0.3, -0.25) is 4.98 Å². The summed E-state index contributed by atoms with van der Waals surface area (Å²) in [7, 11) is 0. The Morgan fingerprint density at radius 1 is 0.829 bits per heavy atom. The van der Waals surface area contributed by atoms with Crippen molar-refractivity contribution < 1.29 is 1.37 Å². The van der Waals surface area contributed by atoms with Crippen LogP contribution in [0.3, 0.4) is 0 Å². The summed E-state index contributed by atoms with van der Waals surface area (Å²) in [5.41, 5.74) is 9.28. The SMILES string of the molecule is [2H]c1cc2c(C)c(-c3ccc(C4CCC5(CCCCC5)CC4)cc3)sc2c(-c2cc(C)cc(C)c2)n1. The average Bonchev–Trinajstić information content (AvgIpc) is 3.20. The van der Waals surface area contributed by atoms with Gasteiger partial charge in [-0.25, -0.2) is 0 Å². The molecule has 4 aromatic rings. The fourth-order valence-electron chi connectivity index (χ4n) is 6.94. The molecule has 2 fully saturated rings. The molecule has 2 aliphatic rings. The van der Waals surface area contributed by atoms with E-state index in [9.17, 15) is 0 Å². The lowest BCUT2D eigenvalue weighted by Gasteiger charge is -2.43. The summed E-state index contributed by atoms with van der Waals surface area (Å²) in [5.74, 6) is 0.723. The van der Waals surface area contributed by atoms with Crippen molar-refractivity contribution in [3.63, 3.8) is 0 Å². The summed E-state index contributed by atoms with van der Waals surface area (Å²) in [5, 5.41) is 1.17. The molecule has 0 atom stereocenters. The summed E-state index contributed by atoms with van der Waals surface area (Å²) in [6, 6.07) is 18.0. The van der Waals surface area contributed by atoms with Crippen LogP contribution in [0.2, 0.25) is 0 Å². The first-order valence-corrected chi connectivity index (χ1v) is 14.3. The zero-order valence-electron chi connectivity index (χ0n) is 22.4. The van der Waals surface area contributed by atoms with E-state index in [2.05, 4.69) is 63.2 Å². The molecule has 2 saturated carbocycles. The van der Waals surface area contributed by atoms with Crippen molar-refractivity contribution in [2.45, 2.75) is 84.5 Å². The largest absolute Gasteiger partial charge is 0.255 e. The van der Waals surface area contributed by atoms with Crippen molar-refractivity contribution in [1.29, 1.82) is 0 Å². The Morgan fingerprint density at radius 2 is 1.51 bits per heavy atom. The predicted octanol–water partition coefficient (Wildman–Crippen LogP) is 10.2. The Hall–Kier alpha value is -2.45. The van der Waals surface area contributed by atoms with Gasteiger partial charge in [0.05, 0.1) is 11.8 Å². The first-order valence-electron chi connectivity index (χ1n) is 14.0. The minimum Gasteiger partial charge on any atom is -0.255 e. The third kappa shape index (κ3) is 4.35. The molecule has 0 N–H and O–H groups in total. The number of fused-ring (bicyclic) bond motifs is 1. The van der Waals surface area contributed by atoms with Gasteiger partial charge in [0, 0.05) is 16.6 Å². The molecule has 180 valence electrons. The number of hydrogen-bond donors (Lipinski definition) is 0. The molecule has 2 aliphatic carbocycles. The van der Waals surface area contributed by atoms with Crippen molar-refractivity contribution >= 4 is 21.4 Å². The van der Waals surface area contributed by atoms with Crippen LogP contribution in [0.15, 0.2) is 54.7 Å². The van der Waals surface area contributed by atoms with Gasteiger partial charge in [-0.15, -0.1) is 11.3 Å². The van der Waals surface area contributed by atoms with Crippen LogP contribution in [0.5, 0.6) is 0 Å². The Morgan fingerprint density at radius 3 is 2.20 bits per heavy atom. The van der Waals surface area contributed by atoms with Crippen LogP contribution in [0.1, 0.15) is 87.3 Å². The second-order valence-electron chi connectivity index (χ2n) is 11.4. The van der Waals surface area contributed by atoms with Crippen molar-refractivity contribution in [2.75, 3.05) is 0 Å². The van der Waals surface area contributed by atoms with Crippen LogP contribution >= 0.6 is 11.3 Å². The van der Waals surface area contributed by atoms with Crippen LogP contribution in [0.4, 0.5) is 0 Å². The highest BCUT2D eigenvalue weighted by molar-refractivity contribution is 7.23. The van der Waals surface area contributed by atoms with E-state index in [1.54, 1.807) is 0 Å². The number of nitrogens with zero attached hydrogens (tertiary/aromatic N) is 1. The minimum atomic E-state index is 0.340. The standard InChI is InChI=1S/C33H37NS/c1-22-19-23(2)21-28(20-22)30-32-29(13-18-34-30)24(3)31(35-32)27-9-7-25(8-10-27)26-11-16-33(17-12-26)14-5-4-6-15-33/h7-10,13,18-21,26H,4-6,11-12,14-17H2,1-3H3/i18D. The highest BCUT2D eigenvalue weighted by Crippen LogP contribution is 2.51. The molecule has 1 spiro atoms. The van der Waals surface area contributed by atoms with Crippen molar-refractivity contribution in [3.05, 3.63) is 77.0 Å². The Balaban J connectivity index is 1.30. The predicted molar refractivity (Wildman–Crippen MR) is 151 cm³/mol. The van der Waals surface area contributed by atoms with Gasteiger partial charge in [-0.2, -0.15) is 0 Å². The van der Waals surface area contributed by atoms with Gasteiger partial charge >= 0.3 is 0 Å². The maximum absolute atomic E-state index is 8.39. The molecule has 2 heterocycles. The average molecular weight is 481 g/mol. The fraction of sp³-hybridized carbons (Fsp3) is 0.424. The molecule has 2 heteroatoms. The van der Waals surface area contributed by atoms with Crippen LogP contribution in [-0.4, -0.2) is 4.98 Å². The van der Waals surface area contributed by atoms with Crippen LogP contribution < -0.4 is 0 Å². The zero-order valence-corrected chi connectivity index (χ0v) is 22.2. The van der Waals surface area contributed by atoms with Gasteiger partial charge in [0.1, 0.15) is 0 Å². The third-order valence-electron chi connectivity index (χ3n) is 8.89. The van der Waals surface area contributed by atoms with Gasteiger partial charge in [-0.05, 0) is 111 Å². The Labute approximate surface area is 216 Å². The van der Waals surface area contributed by atoms with E-state index >= 15 is 0 Å². The first-order chi connectivity index (χ1) is 17.4. The van der Waals surface area contributed by atoms with E-state index in [-0.39, 0.29) is 0 Å². The van der Waals surface area contributed by atoms with Gasteiger partial charge in [0.25, 0.3) is 0 Å². The molecule has 0 bridgehead atoms. The Kier molecular flexibility index (Phi) is 5.74. The number of hydrogen-bond acceptors (Lipinski definition) is 2. The van der Waals surface area contributed by atoms with Gasteiger partial charge in [0.2, 0.25) is 0 Å². The molecule has 6 rings (SSSR count). The van der Waals surface area contributed by atoms with Crippen LogP contribution in [0.25, 0.3) is 31.8 Å².